The molecule has 1 aromatic heterocycles. The van der Waals surface area contributed by atoms with Crippen LogP contribution in [0.2, 0.25) is 5.02 Å². The number of nitrogens with zero attached hydrogens (tertiary/aromatic N) is 1. The van der Waals surface area contributed by atoms with Gasteiger partial charge in [0.15, 0.2) is 17.3 Å². The maximum Gasteiger partial charge on any atom is 0.254 e. The van der Waals surface area contributed by atoms with Crippen LogP contribution in [0.15, 0.2) is 47.0 Å². The van der Waals surface area contributed by atoms with Crippen molar-refractivity contribution in [1.29, 1.82) is 0 Å². The first-order valence-electron chi connectivity index (χ1n) is 7.08. The summed E-state index contributed by atoms with van der Waals surface area (Å²) in [5.41, 5.74) is 5.26. The normalized spacial score (nSPS) is 10.7. The largest absolute Gasteiger partial charge is 0.482 e. The fraction of sp³-hybridized carbons (Fsp3) is 0.0588. The first-order chi connectivity index (χ1) is 12.0. The summed E-state index contributed by atoms with van der Waals surface area (Å²) in [7, 11) is 0. The molecule has 8 heteroatoms. The summed E-state index contributed by atoms with van der Waals surface area (Å²) in [5, 5.41) is 4.37. The number of hydrogen-bond acceptors (Lipinski definition) is 4. The lowest BCUT2D eigenvalue weighted by molar-refractivity contribution is 0.0991. The average Bonchev–Trinajstić information content (AvgIpc) is 3.03. The number of aromatic nitrogens is 1. The van der Waals surface area contributed by atoms with Crippen LogP contribution in [0.5, 0.6) is 5.75 Å². The van der Waals surface area contributed by atoms with Crippen LogP contribution in [-0.2, 0) is 6.61 Å². The lowest BCUT2D eigenvalue weighted by atomic mass is 10.1. The number of carbonyl (C=O) groups is 1. The number of carbonyl (C=O) groups excluding carboxylic acids is 1. The van der Waals surface area contributed by atoms with Gasteiger partial charge in [-0.1, -0.05) is 35.0 Å². The molecular formula is C17H11ClF2N2O3. The van der Waals surface area contributed by atoms with Crippen molar-refractivity contribution < 1.29 is 22.8 Å². The van der Waals surface area contributed by atoms with E-state index in [-0.39, 0.29) is 12.4 Å². The number of primary amides is 1. The molecule has 0 fully saturated rings. The predicted octanol–water partition coefficient (Wildman–Crippen LogP) is 3.95. The molecule has 0 aliphatic heterocycles. The molecular weight excluding hydrogens is 354 g/mol. The Morgan fingerprint density at radius 2 is 2.00 bits per heavy atom. The van der Waals surface area contributed by atoms with Crippen molar-refractivity contribution in [2.24, 2.45) is 5.73 Å². The lowest BCUT2D eigenvalue weighted by Gasteiger charge is -2.08. The predicted molar refractivity (Wildman–Crippen MR) is 86.2 cm³/mol. The molecule has 0 saturated heterocycles. The van der Waals surface area contributed by atoms with E-state index in [1.807, 2.05) is 0 Å². The van der Waals surface area contributed by atoms with Crippen molar-refractivity contribution in [3.8, 4) is 17.0 Å². The molecule has 3 aromatic rings. The molecule has 0 radical (unpaired) electrons. The summed E-state index contributed by atoms with van der Waals surface area (Å²) in [5.74, 6) is -3.48. The van der Waals surface area contributed by atoms with Gasteiger partial charge in [0, 0.05) is 11.6 Å². The molecule has 0 bridgehead atoms. The summed E-state index contributed by atoms with van der Waals surface area (Å²) in [6.45, 7) is -0.182. The molecule has 128 valence electrons. The highest BCUT2D eigenvalue weighted by Gasteiger charge is 2.19. The van der Waals surface area contributed by atoms with Gasteiger partial charge in [-0.3, -0.25) is 4.79 Å². The van der Waals surface area contributed by atoms with Gasteiger partial charge in [-0.05, 0) is 18.2 Å². The van der Waals surface area contributed by atoms with Crippen LogP contribution in [0.1, 0.15) is 16.1 Å². The Labute approximate surface area is 145 Å². The zero-order chi connectivity index (χ0) is 18.0. The minimum atomic E-state index is -1.22. The number of nitrogens with two attached hydrogens (primary N) is 1. The zero-order valence-electron chi connectivity index (χ0n) is 12.6. The van der Waals surface area contributed by atoms with Crippen LogP contribution in [0.25, 0.3) is 11.3 Å². The number of hydrogen-bond donors (Lipinski definition) is 1. The molecule has 3 rings (SSSR count). The third-order valence-corrected chi connectivity index (χ3v) is 3.71. The molecule has 0 spiro atoms. The highest BCUT2D eigenvalue weighted by molar-refractivity contribution is 6.33. The van der Waals surface area contributed by atoms with Gasteiger partial charge in [-0.2, -0.15) is 0 Å². The molecule has 0 saturated carbocycles. The van der Waals surface area contributed by atoms with Crippen molar-refractivity contribution in [3.63, 3.8) is 0 Å². The quantitative estimate of drug-likeness (QED) is 0.743. The van der Waals surface area contributed by atoms with Crippen LogP contribution >= 0.6 is 11.6 Å². The highest BCUT2D eigenvalue weighted by Crippen LogP contribution is 2.28. The van der Waals surface area contributed by atoms with Crippen LogP contribution in [-0.4, -0.2) is 11.1 Å². The van der Waals surface area contributed by atoms with Crippen LogP contribution < -0.4 is 10.5 Å². The molecule has 0 unspecified atom stereocenters. The second-order valence-corrected chi connectivity index (χ2v) is 5.45. The van der Waals surface area contributed by atoms with Crippen molar-refractivity contribution in [1.82, 2.24) is 5.16 Å². The van der Waals surface area contributed by atoms with Gasteiger partial charge in [-0.15, -0.1) is 0 Å². The lowest BCUT2D eigenvalue weighted by Crippen LogP contribution is -2.16. The van der Waals surface area contributed by atoms with E-state index < -0.39 is 23.1 Å². The van der Waals surface area contributed by atoms with E-state index in [9.17, 15) is 13.6 Å². The number of rotatable bonds is 5. The number of ether oxygens (including phenoxy) is 1. The molecule has 1 amide bonds. The molecule has 0 atom stereocenters. The van der Waals surface area contributed by atoms with Gasteiger partial charge in [0.2, 0.25) is 0 Å². The standard InChI is InChI=1S/C17H11ClF2N2O3/c18-11-4-2-1-3-10(11)13-7-9(25-22-13)8-24-14-6-5-12(19)15(16(14)20)17(21)23/h1-7H,8H2,(H2,21,23). The van der Waals surface area contributed by atoms with Crippen molar-refractivity contribution in [3.05, 3.63) is 70.4 Å². The molecule has 2 aromatic carbocycles. The second-order valence-electron chi connectivity index (χ2n) is 5.05. The summed E-state index contributed by atoms with van der Waals surface area (Å²) in [6.07, 6.45) is 0. The van der Waals surface area contributed by atoms with Gasteiger partial charge in [0.1, 0.15) is 23.7 Å². The minimum absolute atomic E-state index is 0.182. The molecule has 2 N–H and O–H groups in total. The third kappa shape index (κ3) is 3.46. The Hall–Kier alpha value is -2.93. The highest BCUT2D eigenvalue weighted by atomic mass is 35.5. The van der Waals surface area contributed by atoms with Gasteiger partial charge in [0.05, 0.1) is 5.02 Å². The van der Waals surface area contributed by atoms with E-state index in [4.69, 9.17) is 26.6 Å². The maximum atomic E-state index is 14.1. The van der Waals surface area contributed by atoms with Gasteiger partial charge in [-0.25, -0.2) is 8.78 Å². The van der Waals surface area contributed by atoms with Crippen LogP contribution in [0.3, 0.4) is 0 Å². The average molecular weight is 365 g/mol. The molecule has 0 aliphatic carbocycles. The van der Waals surface area contributed by atoms with E-state index in [0.29, 0.717) is 22.0 Å². The number of benzene rings is 2. The number of halogens is 3. The van der Waals surface area contributed by atoms with E-state index in [0.717, 1.165) is 12.1 Å². The first-order valence-corrected chi connectivity index (χ1v) is 7.46. The smallest absolute Gasteiger partial charge is 0.254 e. The fourth-order valence-electron chi connectivity index (χ4n) is 2.20. The van der Waals surface area contributed by atoms with Crippen LogP contribution in [0, 0.1) is 11.6 Å². The van der Waals surface area contributed by atoms with E-state index in [1.165, 1.54) is 0 Å². The van der Waals surface area contributed by atoms with Crippen molar-refractivity contribution in [2.45, 2.75) is 6.61 Å². The van der Waals surface area contributed by atoms with Gasteiger partial charge >= 0.3 is 0 Å². The Balaban J connectivity index is 1.79. The fourth-order valence-corrected chi connectivity index (χ4v) is 2.43. The Morgan fingerprint density at radius 3 is 2.72 bits per heavy atom. The summed E-state index contributed by atoms with van der Waals surface area (Å²) >= 11 is 6.08. The Morgan fingerprint density at radius 1 is 1.24 bits per heavy atom. The maximum absolute atomic E-state index is 14.1. The second kappa shape index (κ2) is 6.90. The minimum Gasteiger partial charge on any atom is -0.482 e. The molecule has 25 heavy (non-hydrogen) atoms. The Bertz CT molecular complexity index is 943. The first kappa shape index (κ1) is 16.9. The summed E-state index contributed by atoms with van der Waals surface area (Å²) < 4.78 is 37.9. The zero-order valence-corrected chi connectivity index (χ0v) is 13.4. The van der Waals surface area contributed by atoms with E-state index in [2.05, 4.69) is 5.16 Å². The van der Waals surface area contributed by atoms with Crippen LogP contribution in [0.4, 0.5) is 8.78 Å². The third-order valence-electron chi connectivity index (χ3n) is 3.38. The summed E-state index contributed by atoms with van der Waals surface area (Å²) in [6, 6.07) is 10.6. The molecule has 5 nitrogen and oxygen atoms in total. The van der Waals surface area contributed by atoms with Gasteiger partial charge in [0.25, 0.3) is 5.91 Å². The number of amides is 1. The van der Waals surface area contributed by atoms with Gasteiger partial charge < -0.3 is 15.0 Å². The summed E-state index contributed by atoms with van der Waals surface area (Å²) in [4.78, 5) is 11.1. The monoisotopic (exact) mass is 364 g/mol. The Kier molecular flexibility index (Phi) is 4.67. The molecule has 1 heterocycles. The van der Waals surface area contributed by atoms with E-state index >= 15 is 0 Å². The SMILES string of the molecule is NC(=O)c1c(F)ccc(OCc2cc(-c3ccccc3Cl)no2)c1F. The van der Waals surface area contributed by atoms with Crippen molar-refractivity contribution >= 4 is 17.5 Å². The van der Waals surface area contributed by atoms with Crippen molar-refractivity contribution in [2.75, 3.05) is 0 Å². The topological polar surface area (TPSA) is 78.4 Å². The van der Waals surface area contributed by atoms with E-state index in [1.54, 1.807) is 30.3 Å². The molecule has 0 aliphatic rings.